The minimum atomic E-state index is -0.503. The van der Waals surface area contributed by atoms with Crippen LogP contribution in [0.2, 0.25) is 0 Å². The van der Waals surface area contributed by atoms with Crippen LogP contribution in [0.25, 0.3) is 0 Å². The van der Waals surface area contributed by atoms with Crippen LogP contribution in [0.3, 0.4) is 0 Å². The molecular formula is C14H22N4O3. The van der Waals surface area contributed by atoms with Gasteiger partial charge in [0.25, 0.3) is 0 Å². The summed E-state index contributed by atoms with van der Waals surface area (Å²) in [7, 11) is 0. The van der Waals surface area contributed by atoms with Gasteiger partial charge in [0.05, 0.1) is 6.54 Å². The molecule has 7 heteroatoms. The standard InChI is InChI=1S/C14H22N4O3/c1-5-9(4)11-14(20)18(6-10-15-7-21-17-10)12(8(2)3)13(19)16-11/h7-9,11-12H,5-6H2,1-4H3,(H,16,19). The fourth-order valence-corrected chi connectivity index (χ4v) is 2.63. The summed E-state index contributed by atoms with van der Waals surface area (Å²) in [5.41, 5.74) is 0. The number of rotatable bonds is 5. The zero-order valence-corrected chi connectivity index (χ0v) is 12.9. The van der Waals surface area contributed by atoms with Crippen molar-refractivity contribution in [1.82, 2.24) is 20.4 Å². The normalized spacial score (nSPS) is 24.3. The molecule has 1 aromatic heterocycles. The number of amides is 2. The molecule has 3 atom stereocenters. The minimum Gasteiger partial charge on any atom is -0.343 e. The lowest BCUT2D eigenvalue weighted by Gasteiger charge is -2.41. The van der Waals surface area contributed by atoms with Gasteiger partial charge in [-0.05, 0) is 11.8 Å². The highest BCUT2D eigenvalue weighted by atomic mass is 16.5. The molecule has 0 aromatic carbocycles. The molecule has 7 nitrogen and oxygen atoms in total. The fourth-order valence-electron chi connectivity index (χ4n) is 2.63. The van der Waals surface area contributed by atoms with E-state index in [2.05, 4.69) is 15.5 Å². The predicted octanol–water partition coefficient (Wildman–Crippen LogP) is 0.967. The van der Waals surface area contributed by atoms with E-state index in [9.17, 15) is 9.59 Å². The van der Waals surface area contributed by atoms with Crippen LogP contribution in [0.5, 0.6) is 0 Å². The fraction of sp³-hybridized carbons (Fsp3) is 0.714. The smallest absolute Gasteiger partial charge is 0.246 e. The number of piperazine rings is 1. The molecule has 0 saturated carbocycles. The molecule has 116 valence electrons. The monoisotopic (exact) mass is 294 g/mol. The second kappa shape index (κ2) is 6.24. The summed E-state index contributed by atoms with van der Waals surface area (Å²) in [6.45, 7) is 8.00. The zero-order chi connectivity index (χ0) is 15.6. The van der Waals surface area contributed by atoms with Crippen LogP contribution < -0.4 is 5.32 Å². The van der Waals surface area contributed by atoms with Crippen LogP contribution in [0.1, 0.15) is 39.9 Å². The lowest BCUT2D eigenvalue weighted by molar-refractivity contribution is -0.153. The SMILES string of the molecule is CCC(C)C1NC(=O)C(C(C)C)N(Cc2ncon2)C1=O. The third-order valence-corrected chi connectivity index (χ3v) is 4.01. The van der Waals surface area contributed by atoms with Crippen LogP contribution >= 0.6 is 0 Å². The summed E-state index contributed by atoms with van der Waals surface area (Å²) in [6.07, 6.45) is 2.04. The Morgan fingerprint density at radius 3 is 2.62 bits per heavy atom. The van der Waals surface area contributed by atoms with E-state index in [1.165, 1.54) is 6.39 Å². The van der Waals surface area contributed by atoms with E-state index < -0.39 is 12.1 Å². The molecule has 1 aliphatic rings. The van der Waals surface area contributed by atoms with Gasteiger partial charge in [0.15, 0.2) is 5.82 Å². The van der Waals surface area contributed by atoms with E-state index in [0.29, 0.717) is 5.82 Å². The van der Waals surface area contributed by atoms with Gasteiger partial charge in [0.2, 0.25) is 18.2 Å². The van der Waals surface area contributed by atoms with Crippen LogP contribution in [0.4, 0.5) is 0 Å². The molecule has 2 heterocycles. The Bertz CT molecular complexity index is 500. The Balaban J connectivity index is 2.28. The van der Waals surface area contributed by atoms with Gasteiger partial charge < -0.3 is 14.7 Å². The number of aromatic nitrogens is 2. The van der Waals surface area contributed by atoms with Crippen LogP contribution in [-0.4, -0.2) is 38.9 Å². The summed E-state index contributed by atoms with van der Waals surface area (Å²) in [4.78, 5) is 30.6. The van der Waals surface area contributed by atoms with Gasteiger partial charge in [-0.2, -0.15) is 4.98 Å². The average molecular weight is 294 g/mol. The Hall–Kier alpha value is -1.92. The van der Waals surface area contributed by atoms with E-state index in [1.54, 1.807) is 4.90 Å². The van der Waals surface area contributed by atoms with Crippen molar-refractivity contribution >= 4 is 11.8 Å². The predicted molar refractivity (Wildman–Crippen MR) is 74.9 cm³/mol. The summed E-state index contributed by atoms with van der Waals surface area (Å²) in [6, 6.07) is -0.985. The maximum atomic E-state index is 12.7. The molecule has 0 aliphatic carbocycles. The summed E-state index contributed by atoms with van der Waals surface area (Å²) >= 11 is 0. The minimum absolute atomic E-state index is 0.0127. The molecular weight excluding hydrogens is 272 g/mol. The molecule has 0 radical (unpaired) electrons. The lowest BCUT2D eigenvalue weighted by atomic mass is 9.91. The van der Waals surface area contributed by atoms with Gasteiger partial charge in [-0.3, -0.25) is 9.59 Å². The average Bonchev–Trinajstić information content (AvgIpc) is 2.94. The molecule has 1 aromatic rings. The second-order valence-electron chi connectivity index (χ2n) is 5.87. The van der Waals surface area contributed by atoms with Crippen molar-refractivity contribution in [3.05, 3.63) is 12.2 Å². The second-order valence-corrected chi connectivity index (χ2v) is 5.87. The van der Waals surface area contributed by atoms with Gasteiger partial charge in [0, 0.05) is 0 Å². The third kappa shape index (κ3) is 3.06. The van der Waals surface area contributed by atoms with Crippen LogP contribution in [0, 0.1) is 11.8 Å². The van der Waals surface area contributed by atoms with Gasteiger partial charge >= 0.3 is 0 Å². The number of nitrogens with one attached hydrogen (secondary N) is 1. The van der Waals surface area contributed by atoms with Gasteiger partial charge in [0.1, 0.15) is 12.1 Å². The summed E-state index contributed by atoms with van der Waals surface area (Å²) in [5.74, 6) is 0.318. The van der Waals surface area contributed by atoms with E-state index in [-0.39, 0.29) is 30.2 Å². The van der Waals surface area contributed by atoms with Gasteiger partial charge in [-0.1, -0.05) is 39.3 Å². The van der Waals surface area contributed by atoms with Gasteiger partial charge in [-0.15, -0.1) is 0 Å². The molecule has 21 heavy (non-hydrogen) atoms. The highest BCUT2D eigenvalue weighted by Crippen LogP contribution is 2.23. The molecule has 1 aliphatic heterocycles. The number of hydrogen-bond acceptors (Lipinski definition) is 5. The molecule has 2 amide bonds. The first-order valence-electron chi connectivity index (χ1n) is 7.31. The molecule has 1 fully saturated rings. The Morgan fingerprint density at radius 2 is 2.10 bits per heavy atom. The Kier molecular flexibility index (Phi) is 4.59. The number of carbonyl (C=O) groups excluding carboxylic acids is 2. The van der Waals surface area contributed by atoms with Crippen molar-refractivity contribution in [2.24, 2.45) is 11.8 Å². The van der Waals surface area contributed by atoms with Crippen molar-refractivity contribution in [1.29, 1.82) is 0 Å². The van der Waals surface area contributed by atoms with Crippen molar-refractivity contribution in [2.75, 3.05) is 0 Å². The maximum absolute atomic E-state index is 12.7. The molecule has 0 spiro atoms. The first-order chi connectivity index (χ1) is 9.95. The quantitative estimate of drug-likeness (QED) is 0.874. The van der Waals surface area contributed by atoms with Crippen molar-refractivity contribution in [3.8, 4) is 0 Å². The molecule has 1 saturated heterocycles. The van der Waals surface area contributed by atoms with Crippen molar-refractivity contribution in [2.45, 2.75) is 52.7 Å². The number of carbonyl (C=O) groups is 2. The molecule has 2 rings (SSSR count). The molecule has 0 bridgehead atoms. The summed E-state index contributed by atoms with van der Waals surface area (Å²) < 4.78 is 4.71. The first kappa shape index (κ1) is 15.5. The van der Waals surface area contributed by atoms with Gasteiger partial charge in [-0.25, -0.2) is 0 Å². The Morgan fingerprint density at radius 1 is 1.38 bits per heavy atom. The number of hydrogen-bond donors (Lipinski definition) is 1. The highest BCUT2D eigenvalue weighted by molar-refractivity contribution is 5.97. The third-order valence-electron chi connectivity index (χ3n) is 4.01. The van der Waals surface area contributed by atoms with E-state index in [1.807, 2.05) is 27.7 Å². The van der Waals surface area contributed by atoms with Crippen molar-refractivity contribution < 1.29 is 14.1 Å². The van der Waals surface area contributed by atoms with E-state index in [0.717, 1.165) is 6.42 Å². The lowest BCUT2D eigenvalue weighted by Crippen LogP contribution is -2.65. The topological polar surface area (TPSA) is 88.3 Å². The van der Waals surface area contributed by atoms with Crippen LogP contribution in [-0.2, 0) is 16.1 Å². The largest absolute Gasteiger partial charge is 0.343 e. The molecule has 3 unspecified atom stereocenters. The van der Waals surface area contributed by atoms with Crippen LogP contribution in [0.15, 0.2) is 10.9 Å². The first-order valence-corrected chi connectivity index (χ1v) is 7.31. The highest BCUT2D eigenvalue weighted by Gasteiger charge is 2.43. The Labute approximate surface area is 124 Å². The van der Waals surface area contributed by atoms with E-state index in [4.69, 9.17) is 4.52 Å². The zero-order valence-electron chi connectivity index (χ0n) is 12.9. The summed E-state index contributed by atoms with van der Waals surface area (Å²) in [5, 5.41) is 6.61. The molecule has 1 N–H and O–H groups in total. The number of nitrogens with zero attached hydrogens (tertiary/aromatic N) is 3. The van der Waals surface area contributed by atoms with Crippen molar-refractivity contribution in [3.63, 3.8) is 0 Å². The maximum Gasteiger partial charge on any atom is 0.246 e. The van der Waals surface area contributed by atoms with E-state index >= 15 is 0 Å².